The van der Waals surface area contributed by atoms with E-state index in [1.807, 2.05) is 24.3 Å². The third kappa shape index (κ3) is 3.87. The van der Waals surface area contributed by atoms with E-state index in [9.17, 15) is 9.90 Å². The molecule has 136 valence electrons. The molecule has 1 aliphatic heterocycles. The summed E-state index contributed by atoms with van der Waals surface area (Å²) in [6, 6.07) is 12.8. The molecule has 3 rings (SSSR count). The molecular formula is C20H20O6. The van der Waals surface area contributed by atoms with Gasteiger partial charge in [-0.05, 0) is 28.8 Å². The van der Waals surface area contributed by atoms with Crippen LogP contribution in [0.4, 0.5) is 0 Å². The van der Waals surface area contributed by atoms with Gasteiger partial charge in [-0.1, -0.05) is 30.3 Å². The zero-order valence-electron chi connectivity index (χ0n) is 14.6. The van der Waals surface area contributed by atoms with Gasteiger partial charge in [0.05, 0.1) is 27.4 Å². The minimum Gasteiger partial charge on any atom is -0.493 e. The molecule has 0 aliphatic carbocycles. The van der Waals surface area contributed by atoms with Crippen LogP contribution in [-0.4, -0.2) is 38.5 Å². The van der Waals surface area contributed by atoms with Crippen molar-refractivity contribution >= 4 is 11.5 Å². The van der Waals surface area contributed by atoms with E-state index in [1.165, 1.54) is 6.08 Å². The molecule has 1 aliphatic rings. The average Bonchev–Trinajstić information content (AvgIpc) is 3.20. The van der Waals surface area contributed by atoms with Crippen molar-refractivity contribution in [2.45, 2.75) is 6.29 Å². The molecule has 26 heavy (non-hydrogen) atoms. The number of methoxy groups -OCH3 is 2. The van der Waals surface area contributed by atoms with Gasteiger partial charge in [0.25, 0.3) is 0 Å². The number of hydrogen-bond donors (Lipinski definition) is 1. The highest BCUT2D eigenvalue weighted by Gasteiger charge is 2.18. The topological polar surface area (TPSA) is 74.2 Å². The first-order valence-corrected chi connectivity index (χ1v) is 8.13. The smallest absolute Gasteiger partial charge is 0.328 e. The number of ether oxygens (including phenoxy) is 4. The zero-order valence-corrected chi connectivity index (χ0v) is 14.6. The van der Waals surface area contributed by atoms with E-state index in [2.05, 4.69) is 0 Å². The molecule has 1 fully saturated rings. The van der Waals surface area contributed by atoms with Gasteiger partial charge in [0, 0.05) is 11.6 Å². The molecule has 0 amide bonds. The Kier molecular flexibility index (Phi) is 5.55. The minimum atomic E-state index is -1.03. The Morgan fingerprint density at radius 3 is 2.19 bits per heavy atom. The minimum absolute atomic E-state index is 0.364. The van der Waals surface area contributed by atoms with Crippen LogP contribution in [0.5, 0.6) is 11.5 Å². The van der Waals surface area contributed by atoms with Crippen molar-refractivity contribution in [2.24, 2.45) is 0 Å². The summed E-state index contributed by atoms with van der Waals surface area (Å²) in [7, 11) is 3.09. The monoisotopic (exact) mass is 356 g/mol. The SMILES string of the molecule is COc1ccc(/C(=C/C(=O)O)c2ccc(C3OCCO3)cc2)cc1OC. The molecule has 6 nitrogen and oxygen atoms in total. The van der Waals surface area contributed by atoms with Crippen molar-refractivity contribution in [2.75, 3.05) is 27.4 Å². The average molecular weight is 356 g/mol. The molecule has 0 bridgehead atoms. The first-order chi connectivity index (χ1) is 12.6. The summed E-state index contributed by atoms with van der Waals surface area (Å²) in [6.45, 7) is 1.14. The quantitative estimate of drug-likeness (QED) is 0.801. The second kappa shape index (κ2) is 8.03. The van der Waals surface area contributed by atoms with Gasteiger partial charge in [-0.3, -0.25) is 0 Å². The lowest BCUT2D eigenvalue weighted by molar-refractivity contribution is -0.131. The van der Waals surface area contributed by atoms with Crippen molar-refractivity contribution < 1.29 is 28.8 Å². The van der Waals surface area contributed by atoms with E-state index in [4.69, 9.17) is 18.9 Å². The van der Waals surface area contributed by atoms with Gasteiger partial charge in [0.2, 0.25) is 0 Å². The summed E-state index contributed by atoms with van der Waals surface area (Å²) in [5, 5.41) is 9.29. The Balaban J connectivity index is 1.97. The van der Waals surface area contributed by atoms with Crippen molar-refractivity contribution in [3.05, 3.63) is 65.2 Å². The number of carbonyl (C=O) groups is 1. The van der Waals surface area contributed by atoms with Crippen molar-refractivity contribution in [3.63, 3.8) is 0 Å². The number of carboxylic acid groups (broad SMARTS) is 1. The molecule has 0 aromatic heterocycles. The maximum atomic E-state index is 11.3. The number of aliphatic carboxylic acids is 1. The van der Waals surface area contributed by atoms with E-state index < -0.39 is 5.97 Å². The molecule has 2 aromatic carbocycles. The lowest BCUT2D eigenvalue weighted by Gasteiger charge is -2.14. The van der Waals surface area contributed by atoms with Gasteiger partial charge in [-0.25, -0.2) is 4.79 Å². The molecule has 0 spiro atoms. The predicted molar refractivity (Wildman–Crippen MR) is 95.3 cm³/mol. The summed E-state index contributed by atoms with van der Waals surface area (Å²) in [5.41, 5.74) is 2.94. The highest BCUT2D eigenvalue weighted by molar-refractivity contribution is 5.95. The molecule has 0 atom stereocenters. The van der Waals surface area contributed by atoms with Gasteiger partial charge >= 0.3 is 5.97 Å². The van der Waals surface area contributed by atoms with Gasteiger partial charge in [0.15, 0.2) is 17.8 Å². The lowest BCUT2D eigenvalue weighted by atomic mass is 9.96. The maximum absolute atomic E-state index is 11.3. The summed E-state index contributed by atoms with van der Waals surface area (Å²) in [5.74, 6) is 0.0868. The van der Waals surface area contributed by atoms with Crippen molar-refractivity contribution in [1.29, 1.82) is 0 Å². The largest absolute Gasteiger partial charge is 0.493 e. The fourth-order valence-corrected chi connectivity index (χ4v) is 2.83. The predicted octanol–water partition coefficient (Wildman–Crippen LogP) is 3.27. The Morgan fingerprint density at radius 2 is 1.62 bits per heavy atom. The molecule has 0 unspecified atom stereocenters. The van der Waals surface area contributed by atoms with E-state index in [-0.39, 0.29) is 6.29 Å². The zero-order chi connectivity index (χ0) is 18.5. The van der Waals surface area contributed by atoms with Gasteiger partial charge in [0.1, 0.15) is 0 Å². The standard InChI is InChI=1S/C20H20O6/c1-23-17-8-7-15(11-18(17)24-2)16(12-19(21)22)13-3-5-14(6-4-13)20-25-9-10-26-20/h3-8,11-12,20H,9-10H2,1-2H3,(H,21,22)/b16-12+. The summed E-state index contributed by atoms with van der Waals surface area (Å²) >= 11 is 0. The number of rotatable bonds is 6. The summed E-state index contributed by atoms with van der Waals surface area (Å²) < 4.78 is 21.5. The second-order valence-corrected chi connectivity index (χ2v) is 5.66. The van der Waals surface area contributed by atoms with Crippen LogP contribution in [0, 0.1) is 0 Å². The molecule has 0 radical (unpaired) electrons. The third-order valence-corrected chi connectivity index (χ3v) is 4.08. The Labute approximate surface area is 151 Å². The molecule has 1 N–H and O–H groups in total. The molecule has 2 aromatic rings. The van der Waals surface area contributed by atoms with Crippen LogP contribution in [-0.2, 0) is 14.3 Å². The Hall–Kier alpha value is -2.83. The third-order valence-electron chi connectivity index (χ3n) is 4.08. The second-order valence-electron chi connectivity index (χ2n) is 5.66. The molecule has 6 heteroatoms. The molecular weight excluding hydrogens is 336 g/mol. The van der Waals surface area contributed by atoms with Crippen LogP contribution in [0.3, 0.4) is 0 Å². The van der Waals surface area contributed by atoms with Crippen molar-refractivity contribution in [1.82, 2.24) is 0 Å². The van der Waals surface area contributed by atoms with E-state index in [1.54, 1.807) is 32.4 Å². The van der Waals surface area contributed by atoms with Gasteiger partial charge in [-0.15, -0.1) is 0 Å². The van der Waals surface area contributed by atoms with E-state index in [0.717, 1.165) is 11.1 Å². The van der Waals surface area contributed by atoms with Crippen molar-refractivity contribution in [3.8, 4) is 11.5 Å². The Bertz CT molecular complexity index is 804. The van der Waals surface area contributed by atoms with Gasteiger partial charge in [-0.2, -0.15) is 0 Å². The van der Waals surface area contributed by atoms with Crippen LogP contribution >= 0.6 is 0 Å². The number of hydrogen-bond acceptors (Lipinski definition) is 5. The van der Waals surface area contributed by atoms with E-state index in [0.29, 0.717) is 35.8 Å². The fraction of sp³-hybridized carbons (Fsp3) is 0.250. The highest BCUT2D eigenvalue weighted by atomic mass is 16.7. The van der Waals surface area contributed by atoms with Crippen LogP contribution < -0.4 is 9.47 Å². The molecule has 0 saturated carbocycles. The first kappa shape index (κ1) is 18.0. The van der Waals surface area contributed by atoms with E-state index >= 15 is 0 Å². The fourth-order valence-electron chi connectivity index (χ4n) is 2.83. The maximum Gasteiger partial charge on any atom is 0.328 e. The summed E-state index contributed by atoms with van der Waals surface area (Å²) in [6.07, 6.45) is 0.816. The van der Waals surface area contributed by atoms with Crippen LogP contribution in [0.25, 0.3) is 5.57 Å². The Morgan fingerprint density at radius 1 is 1.00 bits per heavy atom. The van der Waals surface area contributed by atoms with Crippen LogP contribution in [0.15, 0.2) is 48.5 Å². The summed E-state index contributed by atoms with van der Waals surface area (Å²) in [4.78, 5) is 11.3. The van der Waals surface area contributed by atoms with Gasteiger partial charge < -0.3 is 24.1 Å². The highest BCUT2D eigenvalue weighted by Crippen LogP contribution is 2.33. The van der Waals surface area contributed by atoms with Crippen LogP contribution in [0.1, 0.15) is 23.0 Å². The number of carboxylic acids is 1. The van der Waals surface area contributed by atoms with Crippen LogP contribution in [0.2, 0.25) is 0 Å². The number of benzene rings is 2. The molecule has 1 heterocycles. The normalized spacial score (nSPS) is 15.1. The molecule has 1 saturated heterocycles. The first-order valence-electron chi connectivity index (χ1n) is 8.13. The lowest BCUT2D eigenvalue weighted by Crippen LogP contribution is -2.00.